The van der Waals surface area contributed by atoms with Gasteiger partial charge in [-0.2, -0.15) is 4.98 Å². The highest BCUT2D eigenvalue weighted by molar-refractivity contribution is 7.11. The highest BCUT2D eigenvalue weighted by Gasteiger charge is 2.12. The van der Waals surface area contributed by atoms with Gasteiger partial charge in [-0.15, -0.1) is 11.3 Å². The fourth-order valence-electron chi connectivity index (χ4n) is 1.74. The maximum absolute atomic E-state index is 4.94. The minimum absolute atomic E-state index is 0.309. The van der Waals surface area contributed by atoms with Crippen molar-refractivity contribution in [2.24, 2.45) is 0 Å². The number of aryl methyl sites for hydroxylation is 2. The maximum Gasteiger partial charge on any atom is 0.227 e. The SMILES string of the molecule is Cc1nc(C)c(C(C)NCCc2ncno2)s1. The average Bonchev–Trinajstić information content (AvgIpc) is 2.88. The van der Waals surface area contributed by atoms with Crippen molar-refractivity contribution in [3.63, 3.8) is 0 Å². The van der Waals surface area contributed by atoms with E-state index in [4.69, 9.17) is 4.52 Å². The molecule has 0 saturated carbocycles. The van der Waals surface area contributed by atoms with Gasteiger partial charge in [-0.1, -0.05) is 5.16 Å². The van der Waals surface area contributed by atoms with Gasteiger partial charge < -0.3 is 9.84 Å². The molecule has 0 amide bonds. The van der Waals surface area contributed by atoms with E-state index in [1.54, 1.807) is 11.3 Å². The highest BCUT2D eigenvalue weighted by Crippen LogP contribution is 2.24. The summed E-state index contributed by atoms with van der Waals surface area (Å²) in [6.07, 6.45) is 2.18. The van der Waals surface area contributed by atoms with Gasteiger partial charge in [0, 0.05) is 23.9 Å². The number of hydrogen-bond acceptors (Lipinski definition) is 6. The van der Waals surface area contributed by atoms with Crippen LogP contribution in [0.2, 0.25) is 0 Å². The lowest BCUT2D eigenvalue weighted by molar-refractivity contribution is 0.372. The van der Waals surface area contributed by atoms with Crippen LogP contribution < -0.4 is 5.32 Å². The zero-order valence-corrected chi connectivity index (χ0v) is 11.0. The van der Waals surface area contributed by atoms with Crippen molar-refractivity contribution in [3.05, 3.63) is 27.8 Å². The largest absolute Gasteiger partial charge is 0.340 e. The van der Waals surface area contributed by atoms with Gasteiger partial charge in [0.2, 0.25) is 5.89 Å². The summed E-state index contributed by atoms with van der Waals surface area (Å²) in [7, 11) is 0. The predicted molar refractivity (Wildman–Crippen MR) is 66.0 cm³/mol. The number of nitrogens with one attached hydrogen (secondary N) is 1. The Kier molecular flexibility index (Phi) is 3.86. The third-order valence-electron chi connectivity index (χ3n) is 2.53. The third-order valence-corrected chi connectivity index (χ3v) is 3.78. The van der Waals surface area contributed by atoms with E-state index >= 15 is 0 Å². The van der Waals surface area contributed by atoms with E-state index < -0.39 is 0 Å². The second-order valence-electron chi connectivity index (χ2n) is 3.94. The number of rotatable bonds is 5. The van der Waals surface area contributed by atoms with E-state index in [0.717, 1.165) is 23.7 Å². The van der Waals surface area contributed by atoms with E-state index in [9.17, 15) is 0 Å². The van der Waals surface area contributed by atoms with E-state index in [2.05, 4.69) is 34.3 Å². The van der Waals surface area contributed by atoms with Gasteiger partial charge >= 0.3 is 0 Å². The molecule has 1 atom stereocenters. The van der Waals surface area contributed by atoms with Gasteiger partial charge in [-0.3, -0.25) is 0 Å². The molecule has 0 fully saturated rings. The van der Waals surface area contributed by atoms with Gasteiger partial charge in [0.15, 0.2) is 6.33 Å². The molecule has 2 rings (SSSR count). The third kappa shape index (κ3) is 3.10. The Balaban J connectivity index is 1.85. The minimum Gasteiger partial charge on any atom is -0.340 e. The summed E-state index contributed by atoms with van der Waals surface area (Å²) >= 11 is 1.75. The Morgan fingerprint density at radius 3 is 2.88 bits per heavy atom. The van der Waals surface area contributed by atoms with Crippen LogP contribution in [0.1, 0.15) is 34.4 Å². The summed E-state index contributed by atoms with van der Waals surface area (Å²) in [4.78, 5) is 9.71. The van der Waals surface area contributed by atoms with Crippen molar-refractivity contribution >= 4 is 11.3 Å². The monoisotopic (exact) mass is 252 g/mol. The molecule has 2 heterocycles. The first-order chi connectivity index (χ1) is 8.16. The molecular weight excluding hydrogens is 236 g/mol. The lowest BCUT2D eigenvalue weighted by atomic mass is 10.2. The molecule has 17 heavy (non-hydrogen) atoms. The van der Waals surface area contributed by atoms with E-state index in [0.29, 0.717) is 11.9 Å². The molecule has 92 valence electrons. The van der Waals surface area contributed by atoms with Crippen molar-refractivity contribution in [1.82, 2.24) is 20.4 Å². The smallest absolute Gasteiger partial charge is 0.227 e. The fraction of sp³-hybridized carbons (Fsp3) is 0.545. The van der Waals surface area contributed by atoms with E-state index in [1.165, 1.54) is 11.2 Å². The zero-order valence-electron chi connectivity index (χ0n) is 10.2. The van der Waals surface area contributed by atoms with Gasteiger partial charge in [0.1, 0.15) is 0 Å². The first kappa shape index (κ1) is 12.2. The summed E-state index contributed by atoms with van der Waals surface area (Å²) in [5.41, 5.74) is 1.12. The van der Waals surface area contributed by atoms with Crippen molar-refractivity contribution < 1.29 is 4.52 Å². The normalized spacial score (nSPS) is 12.9. The van der Waals surface area contributed by atoms with Crippen LogP contribution in [0.4, 0.5) is 0 Å². The van der Waals surface area contributed by atoms with Crippen LogP contribution in [0.25, 0.3) is 0 Å². The summed E-state index contributed by atoms with van der Waals surface area (Å²) in [6, 6.07) is 0.309. The fourth-order valence-corrected chi connectivity index (χ4v) is 2.70. The lowest BCUT2D eigenvalue weighted by Gasteiger charge is -2.11. The second-order valence-corrected chi connectivity index (χ2v) is 5.18. The summed E-state index contributed by atoms with van der Waals surface area (Å²) in [5, 5.41) is 8.12. The average molecular weight is 252 g/mol. The van der Waals surface area contributed by atoms with Gasteiger partial charge in [0.25, 0.3) is 0 Å². The van der Waals surface area contributed by atoms with Crippen LogP contribution in [0.5, 0.6) is 0 Å². The molecule has 0 aliphatic rings. The molecule has 6 heteroatoms. The highest BCUT2D eigenvalue weighted by atomic mass is 32.1. The summed E-state index contributed by atoms with van der Waals surface area (Å²) in [5.74, 6) is 0.668. The Bertz CT molecular complexity index is 466. The summed E-state index contributed by atoms with van der Waals surface area (Å²) in [6.45, 7) is 7.05. The van der Waals surface area contributed by atoms with Crippen LogP contribution in [0.3, 0.4) is 0 Å². The molecule has 1 unspecified atom stereocenters. The maximum atomic E-state index is 4.94. The van der Waals surface area contributed by atoms with Crippen molar-refractivity contribution in [1.29, 1.82) is 0 Å². The van der Waals surface area contributed by atoms with Crippen molar-refractivity contribution in [2.75, 3.05) is 6.54 Å². The minimum atomic E-state index is 0.309. The quantitative estimate of drug-likeness (QED) is 0.882. The Morgan fingerprint density at radius 2 is 2.29 bits per heavy atom. The topological polar surface area (TPSA) is 63.8 Å². The molecular formula is C11H16N4OS. The second kappa shape index (κ2) is 5.37. The first-order valence-electron chi connectivity index (χ1n) is 5.59. The molecule has 0 bridgehead atoms. The molecule has 0 radical (unpaired) electrons. The lowest BCUT2D eigenvalue weighted by Crippen LogP contribution is -2.21. The molecule has 2 aromatic heterocycles. The van der Waals surface area contributed by atoms with Gasteiger partial charge in [0.05, 0.1) is 10.7 Å². The summed E-state index contributed by atoms with van der Waals surface area (Å²) < 4.78 is 4.94. The van der Waals surface area contributed by atoms with Crippen LogP contribution in [0, 0.1) is 13.8 Å². The van der Waals surface area contributed by atoms with Crippen molar-refractivity contribution in [2.45, 2.75) is 33.2 Å². The van der Waals surface area contributed by atoms with Crippen LogP contribution in [0.15, 0.2) is 10.9 Å². The Hall–Kier alpha value is -1.27. The van der Waals surface area contributed by atoms with Gasteiger partial charge in [-0.05, 0) is 20.8 Å². The molecule has 1 N–H and O–H groups in total. The first-order valence-corrected chi connectivity index (χ1v) is 6.41. The zero-order chi connectivity index (χ0) is 12.3. The number of nitrogens with zero attached hydrogens (tertiary/aromatic N) is 3. The Morgan fingerprint density at radius 1 is 1.47 bits per heavy atom. The number of hydrogen-bond donors (Lipinski definition) is 1. The van der Waals surface area contributed by atoms with Gasteiger partial charge in [-0.25, -0.2) is 4.98 Å². The number of thiazole rings is 1. The predicted octanol–water partition coefficient (Wildman–Crippen LogP) is 2.04. The molecule has 5 nitrogen and oxygen atoms in total. The van der Waals surface area contributed by atoms with E-state index in [-0.39, 0.29) is 0 Å². The molecule has 0 aromatic carbocycles. The molecule has 0 saturated heterocycles. The van der Waals surface area contributed by atoms with Crippen LogP contribution in [-0.2, 0) is 6.42 Å². The van der Waals surface area contributed by atoms with Crippen LogP contribution in [-0.4, -0.2) is 21.7 Å². The Labute approximate surface area is 104 Å². The number of aromatic nitrogens is 3. The molecule has 0 spiro atoms. The standard InChI is InChI=1S/C11H16N4OS/c1-7(11-8(2)15-9(3)17-11)12-5-4-10-13-6-14-16-10/h6-7,12H,4-5H2,1-3H3. The van der Waals surface area contributed by atoms with E-state index in [1.807, 2.05) is 6.92 Å². The molecule has 0 aliphatic carbocycles. The molecule has 2 aromatic rings. The molecule has 0 aliphatic heterocycles. The van der Waals surface area contributed by atoms with Crippen molar-refractivity contribution in [3.8, 4) is 0 Å². The van der Waals surface area contributed by atoms with Crippen LogP contribution >= 0.6 is 11.3 Å².